The number of hydrogen-bond donors (Lipinski definition) is 0. The van der Waals surface area contributed by atoms with Gasteiger partial charge in [-0.15, -0.1) is 59.2 Å². The first-order valence-corrected chi connectivity index (χ1v) is 11.7. The molecule has 169 valence electrons. The van der Waals surface area contributed by atoms with Gasteiger partial charge in [-0.1, -0.05) is 54.3 Å². The molecule has 3 heterocycles. The molecule has 0 atom stereocenters. The molecule has 0 aliphatic rings. The molecule has 34 heavy (non-hydrogen) atoms. The van der Waals surface area contributed by atoms with Gasteiger partial charge in [-0.25, -0.2) is 0 Å². The van der Waals surface area contributed by atoms with E-state index in [4.69, 9.17) is 0 Å². The molecule has 1 radical (unpaired) electrons. The van der Waals surface area contributed by atoms with Gasteiger partial charge in [0.15, 0.2) is 0 Å². The van der Waals surface area contributed by atoms with E-state index >= 15 is 0 Å². The van der Waals surface area contributed by atoms with E-state index in [9.17, 15) is 0 Å². The van der Waals surface area contributed by atoms with E-state index in [0.717, 1.165) is 28.1 Å². The number of hydrogen-bond acceptors (Lipinski definition) is 3. The molecule has 6 rings (SSSR count). The summed E-state index contributed by atoms with van der Waals surface area (Å²) in [6, 6.07) is 35.2. The van der Waals surface area contributed by atoms with Crippen molar-refractivity contribution < 1.29 is 20.1 Å². The van der Waals surface area contributed by atoms with Crippen LogP contribution in [0.25, 0.3) is 42.7 Å². The average molecular weight is 635 g/mol. The summed E-state index contributed by atoms with van der Waals surface area (Å²) in [5.74, 6) is 0. The maximum atomic E-state index is 4.50. The van der Waals surface area contributed by atoms with E-state index in [1.54, 1.807) is 6.20 Å². The summed E-state index contributed by atoms with van der Waals surface area (Å²) in [5.41, 5.74) is 6.58. The van der Waals surface area contributed by atoms with Crippen molar-refractivity contribution in [1.82, 2.24) is 9.97 Å². The van der Waals surface area contributed by atoms with Crippen LogP contribution in [-0.4, -0.2) is 9.97 Å². The predicted octanol–water partition coefficient (Wildman–Crippen LogP) is 8.08. The van der Waals surface area contributed by atoms with Crippen LogP contribution in [0.15, 0.2) is 97.3 Å². The maximum absolute atomic E-state index is 4.50. The Kier molecular flexibility index (Phi) is 7.64. The molecular weight excluding hydrogens is 613 g/mol. The molecule has 3 aromatic heterocycles. The fraction of sp³-hybridized carbons (Fsp3) is 0.0667. The van der Waals surface area contributed by atoms with Crippen molar-refractivity contribution in [2.24, 2.45) is 0 Å². The molecule has 0 spiro atoms. The third kappa shape index (κ3) is 5.15. The zero-order chi connectivity index (χ0) is 22.6. The molecule has 0 aliphatic carbocycles. The van der Waals surface area contributed by atoms with Crippen LogP contribution < -0.4 is 0 Å². The minimum absolute atomic E-state index is 0. The molecule has 0 unspecified atom stereocenters. The standard InChI is InChI=1S/C19H14NS.C11H8N.Ir/c1-12-6-7-18-14(9-12)15-10-13(2)11-16(19(15)21-18)17-5-3-4-8-20-17;1-2-6-10(7-3-1)11-8-4-5-9-12-11;/h3-10H,1-2H3;1-6,8-9H;/q2*-1;. The summed E-state index contributed by atoms with van der Waals surface area (Å²) in [6.45, 7) is 4.25. The van der Waals surface area contributed by atoms with Crippen molar-refractivity contribution in [2.75, 3.05) is 0 Å². The molecule has 4 heteroatoms. The third-order valence-electron chi connectivity index (χ3n) is 5.36. The molecule has 2 nitrogen and oxygen atoms in total. The van der Waals surface area contributed by atoms with Crippen molar-refractivity contribution in [3.8, 4) is 22.5 Å². The summed E-state index contributed by atoms with van der Waals surface area (Å²) in [6.07, 6.45) is 3.63. The van der Waals surface area contributed by atoms with Gasteiger partial charge in [-0.2, -0.15) is 11.3 Å². The van der Waals surface area contributed by atoms with E-state index in [2.05, 4.69) is 66.3 Å². The van der Waals surface area contributed by atoms with Gasteiger partial charge < -0.3 is 9.97 Å². The van der Waals surface area contributed by atoms with Crippen LogP contribution >= 0.6 is 11.3 Å². The Morgan fingerprint density at radius 2 is 1.47 bits per heavy atom. The van der Waals surface area contributed by atoms with Gasteiger partial charge in [0.25, 0.3) is 0 Å². The summed E-state index contributed by atoms with van der Waals surface area (Å²) in [5, 5.41) is 2.65. The smallest absolute Gasteiger partial charge is 0.0239 e. The molecule has 0 bridgehead atoms. The first-order valence-electron chi connectivity index (χ1n) is 10.8. The van der Waals surface area contributed by atoms with Gasteiger partial charge in [0.1, 0.15) is 0 Å². The van der Waals surface area contributed by atoms with Crippen LogP contribution in [0.1, 0.15) is 11.1 Å². The topological polar surface area (TPSA) is 25.8 Å². The predicted molar refractivity (Wildman–Crippen MR) is 139 cm³/mol. The maximum Gasteiger partial charge on any atom is 0.0239 e. The molecule has 0 aliphatic heterocycles. The molecule has 0 saturated heterocycles. The third-order valence-corrected chi connectivity index (χ3v) is 6.57. The summed E-state index contributed by atoms with van der Waals surface area (Å²) in [4.78, 5) is 8.72. The number of aromatic nitrogens is 2. The molecular formula is C30H22IrN2S-2. The van der Waals surface area contributed by atoms with Crippen molar-refractivity contribution in [3.05, 3.63) is 121 Å². The molecule has 0 amide bonds. The minimum Gasteiger partial charge on any atom is -0.305 e. The SMILES string of the molecule is Cc1[c-]c(-c2ccccn2)c2sc3ccc(C)cc3c2c1.[Ir].[c-]1ccccc1-c1ccccn1. The summed E-state index contributed by atoms with van der Waals surface area (Å²) >= 11 is 1.83. The number of thiophene rings is 1. The number of fused-ring (bicyclic) bond motifs is 3. The van der Waals surface area contributed by atoms with Crippen LogP contribution in [0.4, 0.5) is 0 Å². The van der Waals surface area contributed by atoms with Crippen molar-refractivity contribution in [3.63, 3.8) is 0 Å². The Hall–Kier alpha value is -3.17. The zero-order valence-corrected chi connectivity index (χ0v) is 22.1. The van der Waals surface area contributed by atoms with Crippen molar-refractivity contribution in [2.45, 2.75) is 13.8 Å². The zero-order valence-electron chi connectivity index (χ0n) is 18.9. The quantitative estimate of drug-likeness (QED) is 0.180. The number of nitrogens with zero attached hydrogens (tertiary/aromatic N) is 2. The largest absolute Gasteiger partial charge is 0.305 e. The van der Waals surface area contributed by atoms with Gasteiger partial charge in [0.05, 0.1) is 0 Å². The molecule has 0 saturated carbocycles. The van der Waals surface area contributed by atoms with E-state index < -0.39 is 0 Å². The number of rotatable bonds is 2. The second kappa shape index (κ2) is 10.8. The fourth-order valence-electron chi connectivity index (χ4n) is 3.83. The van der Waals surface area contributed by atoms with Crippen LogP contribution in [-0.2, 0) is 20.1 Å². The van der Waals surface area contributed by atoms with Crippen LogP contribution in [0.3, 0.4) is 0 Å². The second-order valence-corrected chi connectivity index (χ2v) is 8.93. The van der Waals surface area contributed by atoms with Gasteiger partial charge in [-0.3, -0.25) is 0 Å². The Balaban J connectivity index is 0.000000180. The van der Waals surface area contributed by atoms with Crippen LogP contribution in [0.5, 0.6) is 0 Å². The monoisotopic (exact) mass is 635 g/mol. The first-order chi connectivity index (χ1) is 16.2. The second-order valence-electron chi connectivity index (χ2n) is 7.88. The first kappa shape index (κ1) is 24.0. The Bertz CT molecular complexity index is 1470. The molecule has 3 aromatic carbocycles. The van der Waals surface area contributed by atoms with E-state index in [0.29, 0.717) is 0 Å². The Morgan fingerprint density at radius 1 is 0.735 bits per heavy atom. The minimum atomic E-state index is 0. The van der Waals surface area contributed by atoms with Gasteiger partial charge >= 0.3 is 0 Å². The van der Waals surface area contributed by atoms with Crippen LogP contribution in [0, 0.1) is 26.0 Å². The molecule has 0 N–H and O–H groups in total. The normalized spacial score (nSPS) is 10.4. The summed E-state index contributed by atoms with van der Waals surface area (Å²) < 4.78 is 2.60. The van der Waals surface area contributed by atoms with Gasteiger partial charge in [0, 0.05) is 37.2 Å². The number of pyridine rings is 2. The molecule has 6 aromatic rings. The number of aryl methyl sites for hydroxylation is 2. The molecule has 0 fully saturated rings. The Labute approximate surface area is 217 Å². The van der Waals surface area contributed by atoms with Crippen molar-refractivity contribution >= 4 is 31.5 Å². The number of benzene rings is 3. The van der Waals surface area contributed by atoms with Gasteiger partial charge in [-0.05, 0) is 46.6 Å². The summed E-state index contributed by atoms with van der Waals surface area (Å²) in [7, 11) is 0. The van der Waals surface area contributed by atoms with E-state index in [1.807, 2.05) is 72.1 Å². The van der Waals surface area contributed by atoms with E-state index in [1.165, 1.54) is 25.7 Å². The fourth-order valence-corrected chi connectivity index (χ4v) is 5.00. The average Bonchev–Trinajstić information content (AvgIpc) is 3.23. The van der Waals surface area contributed by atoms with Crippen LogP contribution in [0.2, 0.25) is 0 Å². The van der Waals surface area contributed by atoms with Gasteiger partial charge in [0.2, 0.25) is 0 Å². The van der Waals surface area contributed by atoms with E-state index in [-0.39, 0.29) is 20.1 Å². The Morgan fingerprint density at radius 3 is 2.15 bits per heavy atom. The van der Waals surface area contributed by atoms with Crippen molar-refractivity contribution in [1.29, 1.82) is 0 Å².